The van der Waals surface area contributed by atoms with Crippen molar-refractivity contribution < 1.29 is 19.1 Å². The van der Waals surface area contributed by atoms with Crippen molar-refractivity contribution in [1.29, 1.82) is 0 Å². The highest BCUT2D eigenvalue weighted by Gasteiger charge is 2.36. The number of carbonyl (C=O) groups excluding carboxylic acids is 2. The second-order valence-electron chi connectivity index (χ2n) is 3.24. The first kappa shape index (κ1) is 9.86. The van der Waals surface area contributed by atoms with E-state index in [2.05, 4.69) is 0 Å². The molecule has 78 valence electrons. The Morgan fingerprint density at radius 1 is 1.33 bits per heavy atom. The Morgan fingerprint density at radius 3 is 2.40 bits per heavy atom. The number of benzene rings is 1. The third-order valence-corrected chi connectivity index (χ3v) is 2.20. The SMILES string of the molecule is COc1ccc(C(=O)C(=O)C2CO2)cc1. The van der Waals surface area contributed by atoms with E-state index in [0.717, 1.165) is 0 Å². The van der Waals surface area contributed by atoms with Crippen molar-refractivity contribution in [3.05, 3.63) is 29.8 Å². The molecule has 1 aromatic carbocycles. The van der Waals surface area contributed by atoms with Gasteiger partial charge in [-0.05, 0) is 24.3 Å². The molecule has 0 amide bonds. The van der Waals surface area contributed by atoms with Gasteiger partial charge in [0.25, 0.3) is 0 Å². The van der Waals surface area contributed by atoms with Crippen LogP contribution in [0.1, 0.15) is 10.4 Å². The molecule has 1 unspecified atom stereocenters. The van der Waals surface area contributed by atoms with Crippen LogP contribution in [0.15, 0.2) is 24.3 Å². The van der Waals surface area contributed by atoms with E-state index >= 15 is 0 Å². The summed E-state index contributed by atoms with van der Waals surface area (Å²) in [5.41, 5.74) is 0.372. The maximum absolute atomic E-state index is 11.6. The maximum Gasteiger partial charge on any atom is 0.234 e. The average Bonchev–Trinajstić information content (AvgIpc) is 3.11. The zero-order valence-electron chi connectivity index (χ0n) is 8.23. The molecule has 0 aromatic heterocycles. The second kappa shape index (κ2) is 3.82. The third-order valence-electron chi connectivity index (χ3n) is 2.20. The summed E-state index contributed by atoms with van der Waals surface area (Å²) in [6, 6.07) is 6.44. The molecule has 4 nitrogen and oxygen atoms in total. The Labute approximate surface area is 86.8 Å². The van der Waals surface area contributed by atoms with Crippen LogP contribution >= 0.6 is 0 Å². The van der Waals surface area contributed by atoms with Crippen molar-refractivity contribution in [3.63, 3.8) is 0 Å². The first-order valence-corrected chi connectivity index (χ1v) is 4.56. The van der Waals surface area contributed by atoms with Crippen LogP contribution in [0.5, 0.6) is 5.75 Å². The van der Waals surface area contributed by atoms with Gasteiger partial charge in [0.15, 0.2) is 0 Å². The third kappa shape index (κ3) is 2.05. The van der Waals surface area contributed by atoms with E-state index in [9.17, 15) is 9.59 Å². The molecule has 0 aliphatic carbocycles. The molecule has 2 rings (SSSR count). The van der Waals surface area contributed by atoms with Crippen LogP contribution in [-0.4, -0.2) is 31.4 Å². The molecular formula is C11H10O4. The minimum absolute atomic E-state index is 0.362. The van der Waals surface area contributed by atoms with E-state index in [-0.39, 0.29) is 0 Å². The van der Waals surface area contributed by atoms with Gasteiger partial charge in [-0.3, -0.25) is 9.59 Å². The number of hydrogen-bond acceptors (Lipinski definition) is 4. The lowest BCUT2D eigenvalue weighted by molar-refractivity contribution is -0.116. The molecule has 1 atom stereocenters. The molecule has 0 spiro atoms. The smallest absolute Gasteiger partial charge is 0.234 e. The van der Waals surface area contributed by atoms with E-state index < -0.39 is 17.7 Å². The van der Waals surface area contributed by atoms with Gasteiger partial charge in [0, 0.05) is 5.56 Å². The molecule has 1 fully saturated rings. The van der Waals surface area contributed by atoms with Crippen molar-refractivity contribution >= 4 is 11.6 Å². The number of epoxide rings is 1. The van der Waals surface area contributed by atoms with Crippen LogP contribution in [0, 0.1) is 0 Å². The minimum Gasteiger partial charge on any atom is -0.497 e. The van der Waals surface area contributed by atoms with E-state index in [1.807, 2.05) is 0 Å². The highest BCUT2D eigenvalue weighted by Crippen LogP contribution is 2.16. The molecule has 1 heterocycles. The van der Waals surface area contributed by atoms with Crippen molar-refractivity contribution in [2.45, 2.75) is 6.10 Å². The number of hydrogen-bond donors (Lipinski definition) is 0. The van der Waals surface area contributed by atoms with Crippen molar-refractivity contribution in [2.75, 3.05) is 13.7 Å². The Balaban J connectivity index is 2.14. The van der Waals surface area contributed by atoms with Crippen molar-refractivity contribution in [1.82, 2.24) is 0 Å². The van der Waals surface area contributed by atoms with E-state index in [1.54, 1.807) is 31.4 Å². The molecule has 0 N–H and O–H groups in total. The lowest BCUT2D eigenvalue weighted by Gasteiger charge is -2.00. The number of methoxy groups -OCH3 is 1. The highest BCUT2D eigenvalue weighted by molar-refractivity contribution is 6.45. The number of ketones is 2. The Morgan fingerprint density at radius 2 is 1.93 bits per heavy atom. The molecule has 0 saturated carbocycles. The fourth-order valence-electron chi connectivity index (χ4n) is 1.23. The minimum atomic E-state index is -0.514. The Bertz CT molecular complexity index is 390. The van der Waals surface area contributed by atoms with Crippen molar-refractivity contribution in [2.24, 2.45) is 0 Å². The van der Waals surface area contributed by atoms with Gasteiger partial charge in [0.2, 0.25) is 11.6 Å². The molecule has 1 aromatic rings. The summed E-state index contributed by atoms with van der Waals surface area (Å²) < 4.78 is 9.71. The molecular weight excluding hydrogens is 196 g/mol. The van der Waals surface area contributed by atoms with Gasteiger partial charge in [0.1, 0.15) is 11.9 Å². The summed E-state index contributed by atoms with van der Waals surface area (Å²) in [5.74, 6) is -0.318. The zero-order chi connectivity index (χ0) is 10.8. The highest BCUT2D eigenvalue weighted by atomic mass is 16.6. The van der Waals surface area contributed by atoms with Crippen molar-refractivity contribution in [3.8, 4) is 5.75 Å². The van der Waals surface area contributed by atoms with Crippen LogP contribution < -0.4 is 4.74 Å². The van der Waals surface area contributed by atoms with Gasteiger partial charge in [-0.1, -0.05) is 0 Å². The first-order chi connectivity index (χ1) is 7.22. The molecule has 15 heavy (non-hydrogen) atoms. The van der Waals surface area contributed by atoms with Gasteiger partial charge >= 0.3 is 0 Å². The maximum atomic E-state index is 11.6. The predicted molar refractivity (Wildman–Crippen MR) is 52.1 cm³/mol. The summed E-state index contributed by atoms with van der Waals surface area (Å²) in [4.78, 5) is 22.9. The molecule has 4 heteroatoms. The summed E-state index contributed by atoms with van der Waals surface area (Å²) in [5, 5.41) is 0. The Kier molecular flexibility index (Phi) is 2.51. The van der Waals surface area contributed by atoms with Gasteiger partial charge in [0.05, 0.1) is 13.7 Å². The van der Waals surface area contributed by atoms with E-state index in [1.165, 1.54) is 0 Å². The van der Waals surface area contributed by atoms with Gasteiger partial charge in [-0.15, -0.1) is 0 Å². The van der Waals surface area contributed by atoms with E-state index in [0.29, 0.717) is 17.9 Å². The molecule has 0 bridgehead atoms. The summed E-state index contributed by atoms with van der Waals surface area (Å²) in [6.45, 7) is 0.362. The zero-order valence-corrected chi connectivity index (χ0v) is 8.23. The normalized spacial score (nSPS) is 18.3. The number of ether oxygens (including phenoxy) is 2. The predicted octanol–water partition coefficient (Wildman–Crippen LogP) is 0.846. The van der Waals surface area contributed by atoms with E-state index in [4.69, 9.17) is 9.47 Å². The quantitative estimate of drug-likeness (QED) is 0.416. The lowest BCUT2D eigenvalue weighted by Crippen LogP contribution is -2.19. The molecule has 0 radical (unpaired) electrons. The first-order valence-electron chi connectivity index (χ1n) is 4.56. The second-order valence-corrected chi connectivity index (χ2v) is 3.24. The van der Waals surface area contributed by atoms with Crippen LogP contribution in [0.4, 0.5) is 0 Å². The monoisotopic (exact) mass is 206 g/mol. The topological polar surface area (TPSA) is 55.9 Å². The van der Waals surface area contributed by atoms with Crippen LogP contribution in [0.25, 0.3) is 0 Å². The molecule has 1 aliphatic heterocycles. The standard InChI is InChI=1S/C11H10O4/c1-14-8-4-2-7(3-5-8)10(12)11(13)9-6-15-9/h2-5,9H,6H2,1H3. The van der Waals surface area contributed by atoms with Gasteiger partial charge in [-0.25, -0.2) is 0 Å². The number of carbonyl (C=O) groups is 2. The fourth-order valence-corrected chi connectivity index (χ4v) is 1.23. The van der Waals surface area contributed by atoms with Gasteiger partial charge in [-0.2, -0.15) is 0 Å². The summed E-state index contributed by atoms with van der Waals surface area (Å²) >= 11 is 0. The number of Topliss-reactive ketones (excluding diaryl/α,β-unsaturated/α-hetero) is 2. The van der Waals surface area contributed by atoms with Gasteiger partial charge < -0.3 is 9.47 Å². The largest absolute Gasteiger partial charge is 0.497 e. The summed E-state index contributed by atoms with van der Waals surface area (Å²) in [6.07, 6.45) is -0.514. The molecule has 1 saturated heterocycles. The van der Waals surface area contributed by atoms with Crippen LogP contribution in [-0.2, 0) is 9.53 Å². The number of rotatable bonds is 4. The van der Waals surface area contributed by atoms with Crippen LogP contribution in [0.2, 0.25) is 0 Å². The lowest BCUT2D eigenvalue weighted by atomic mass is 10.1. The summed E-state index contributed by atoms with van der Waals surface area (Å²) in [7, 11) is 1.54. The Hall–Kier alpha value is -1.68. The average molecular weight is 206 g/mol. The van der Waals surface area contributed by atoms with Crippen LogP contribution in [0.3, 0.4) is 0 Å². The molecule has 1 aliphatic rings. The fraction of sp³-hybridized carbons (Fsp3) is 0.273.